The first kappa shape index (κ1) is 22.7. The zero-order valence-electron chi connectivity index (χ0n) is 18.7. The van der Waals surface area contributed by atoms with E-state index in [0.29, 0.717) is 11.1 Å². The van der Waals surface area contributed by atoms with Gasteiger partial charge in [0.1, 0.15) is 12.7 Å². The van der Waals surface area contributed by atoms with E-state index in [0.717, 1.165) is 10.8 Å². The van der Waals surface area contributed by atoms with Crippen LogP contribution in [0.2, 0.25) is 0 Å². The molecule has 1 aliphatic rings. The van der Waals surface area contributed by atoms with E-state index < -0.39 is 36.5 Å². The number of hydrogen-bond donors (Lipinski definition) is 0. The van der Waals surface area contributed by atoms with E-state index in [1.165, 1.54) is 0 Å². The lowest BCUT2D eigenvalue weighted by atomic mass is 10.1. The van der Waals surface area contributed by atoms with E-state index in [9.17, 15) is 9.59 Å². The van der Waals surface area contributed by atoms with Crippen molar-refractivity contribution in [1.29, 1.82) is 0 Å². The van der Waals surface area contributed by atoms with Crippen LogP contribution in [-0.4, -0.2) is 36.9 Å². The molecule has 0 saturated carbocycles. The number of alkyl halides is 1. The predicted molar refractivity (Wildman–Crippen MR) is 125 cm³/mol. The van der Waals surface area contributed by atoms with Crippen LogP contribution in [0.25, 0.3) is 10.8 Å². The monoisotopic (exact) mass is 472 g/mol. The maximum atomic E-state index is 15.7. The van der Waals surface area contributed by atoms with Gasteiger partial charge in [0.05, 0.1) is 11.1 Å². The molecule has 4 aromatic rings. The molecule has 3 aromatic carbocycles. The third-order valence-electron chi connectivity index (χ3n) is 5.91. The van der Waals surface area contributed by atoms with Crippen LogP contribution in [0.15, 0.2) is 103 Å². The van der Waals surface area contributed by atoms with E-state index >= 15 is 4.39 Å². The Balaban J connectivity index is 1.38. The number of halogens is 1. The number of fused-ring (bicyclic) bond motifs is 1. The van der Waals surface area contributed by atoms with Gasteiger partial charge in [-0.2, -0.15) is 4.57 Å². The summed E-state index contributed by atoms with van der Waals surface area (Å²) < 4.78 is 34.3. The number of hydrogen-bond acceptors (Lipinski definition) is 5. The molecule has 0 N–H and O–H groups in total. The summed E-state index contributed by atoms with van der Waals surface area (Å²) in [5, 5.41) is 1.90. The zero-order chi connectivity index (χ0) is 24.2. The lowest BCUT2D eigenvalue weighted by Crippen LogP contribution is -2.44. The highest BCUT2D eigenvalue weighted by atomic mass is 19.1. The number of carbonyl (C=O) groups is 2. The number of aromatic nitrogens is 1. The smallest absolute Gasteiger partial charge is 0.338 e. The van der Waals surface area contributed by atoms with Crippen LogP contribution in [0.5, 0.6) is 0 Å². The SMILES string of the molecule is O=C(OC[C@H]1O[C@H]([n+]2ccc3ccccc3c2)[C@@H](F)[C@@H]1OC(=O)c1ccccc1)c1ccccc1. The number of esters is 2. The van der Waals surface area contributed by atoms with E-state index in [2.05, 4.69) is 0 Å². The normalized spacial score (nSPS) is 21.5. The molecule has 0 radical (unpaired) electrons. The third kappa shape index (κ3) is 4.90. The van der Waals surface area contributed by atoms with Crippen molar-refractivity contribution >= 4 is 22.7 Å². The van der Waals surface area contributed by atoms with E-state index in [4.69, 9.17) is 14.2 Å². The van der Waals surface area contributed by atoms with Crippen LogP contribution in [0, 0.1) is 0 Å². The van der Waals surface area contributed by atoms with Crippen LogP contribution in [0.4, 0.5) is 4.39 Å². The highest BCUT2D eigenvalue weighted by molar-refractivity contribution is 5.90. The maximum absolute atomic E-state index is 15.7. The highest BCUT2D eigenvalue weighted by Crippen LogP contribution is 2.32. The Labute approximate surface area is 201 Å². The van der Waals surface area contributed by atoms with Crippen molar-refractivity contribution < 1.29 is 32.8 Å². The molecule has 176 valence electrons. The first-order valence-corrected chi connectivity index (χ1v) is 11.3. The van der Waals surface area contributed by atoms with Crippen molar-refractivity contribution in [3.63, 3.8) is 0 Å². The van der Waals surface area contributed by atoms with Crippen LogP contribution in [-0.2, 0) is 14.2 Å². The topological polar surface area (TPSA) is 65.7 Å². The second-order valence-corrected chi connectivity index (χ2v) is 8.23. The number of carbonyl (C=O) groups excluding carboxylic acids is 2. The van der Waals surface area contributed by atoms with Gasteiger partial charge in [-0.05, 0) is 35.7 Å². The van der Waals surface area contributed by atoms with Crippen LogP contribution < -0.4 is 4.57 Å². The van der Waals surface area contributed by atoms with Gasteiger partial charge in [-0.25, -0.2) is 14.0 Å². The number of ether oxygens (including phenoxy) is 3. The Morgan fingerprint density at radius 3 is 2.09 bits per heavy atom. The molecule has 0 spiro atoms. The van der Waals surface area contributed by atoms with Gasteiger partial charge in [0.25, 0.3) is 6.23 Å². The molecule has 1 aliphatic heterocycles. The molecule has 1 aromatic heterocycles. The van der Waals surface area contributed by atoms with E-state index in [1.54, 1.807) is 77.6 Å². The summed E-state index contributed by atoms with van der Waals surface area (Å²) in [6.07, 6.45) is -1.51. The molecule has 35 heavy (non-hydrogen) atoms. The lowest BCUT2D eigenvalue weighted by Gasteiger charge is -2.19. The van der Waals surface area contributed by atoms with Gasteiger partial charge in [-0.15, -0.1) is 0 Å². The van der Waals surface area contributed by atoms with Gasteiger partial charge in [-0.3, -0.25) is 0 Å². The number of pyridine rings is 1. The fourth-order valence-corrected chi connectivity index (χ4v) is 4.10. The largest absolute Gasteiger partial charge is 0.459 e. The Hall–Kier alpha value is -4.10. The van der Waals surface area contributed by atoms with Gasteiger partial charge in [-0.1, -0.05) is 54.6 Å². The summed E-state index contributed by atoms with van der Waals surface area (Å²) in [4.78, 5) is 25.2. The second kappa shape index (κ2) is 10.0. The molecule has 1 saturated heterocycles. The average Bonchev–Trinajstić information content (AvgIpc) is 3.22. The molecule has 0 bridgehead atoms. The van der Waals surface area contributed by atoms with Crippen molar-refractivity contribution in [2.75, 3.05) is 6.61 Å². The maximum Gasteiger partial charge on any atom is 0.338 e. The second-order valence-electron chi connectivity index (χ2n) is 8.23. The molecule has 7 heteroatoms. The van der Waals surface area contributed by atoms with Crippen molar-refractivity contribution in [2.24, 2.45) is 0 Å². The standard InChI is InChI=1S/C28H23FNO5/c29-24-25(35-28(32)21-12-5-2-6-13-21)23(18-33-27(31)20-10-3-1-4-11-20)34-26(24)30-16-15-19-9-7-8-14-22(19)17-30/h1-17,23-26H,18H2/q+1/t23-,24+,25-,26+/m1/s1. The molecular formula is C28H23FNO5+. The van der Waals surface area contributed by atoms with E-state index in [1.807, 2.05) is 30.3 Å². The van der Waals surface area contributed by atoms with Gasteiger partial charge in [0, 0.05) is 11.5 Å². The first-order chi connectivity index (χ1) is 17.1. The van der Waals surface area contributed by atoms with Gasteiger partial charge in [0.15, 0.2) is 18.5 Å². The molecule has 0 unspecified atom stereocenters. The van der Waals surface area contributed by atoms with E-state index in [-0.39, 0.29) is 6.61 Å². The molecule has 0 aliphatic carbocycles. The average molecular weight is 472 g/mol. The quantitative estimate of drug-likeness (QED) is 0.307. The predicted octanol–water partition coefficient (Wildman–Crippen LogP) is 4.45. The first-order valence-electron chi connectivity index (χ1n) is 11.3. The van der Waals surface area contributed by atoms with Crippen LogP contribution in [0.3, 0.4) is 0 Å². The summed E-state index contributed by atoms with van der Waals surface area (Å²) in [7, 11) is 0. The molecule has 1 fully saturated rings. The highest BCUT2D eigenvalue weighted by Gasteiger charge is 2.53. The summed E-state index contributed by atoms with van der Waals surface area (Å²) in [5.74, 6) is -1.25. The Kier molecular flexibility index (Phi) is 6.50. The van der Waals surface area contributed by atoms with Crippen molar-refractivity contribution in [1.82, 2.24) is 0 Å². The lowest BCUT2D eigenvalue weighted by molar-refractivity contribution is -0.763. The van der Waals surface area contributed by atoms with Crippen molar-refractivity contribution in [3.05, 3.63) is 115 Å². The summed E-state index contributed by atoms with van der Waals surface area (Å²) in [5.41, 5.74) is 0.655. The van der Waals surface area contributed by atoms with Gasteiger partial charge >= 0.3 is 11.9 Å². The molecule has 2 heterocycles. The Morgan fingerprint density at radius 2 is 1.40 bits per heavy atom. The fourth-order valence-electron chi connectivity index (χ4n) is 4.10. The molecule has 0 amide bonds. The minimum atomic E-state index is -1.69. The molecular weight excluding hydrogens is 449 g/mol. The minimum Gasteiger partial charge on any atom is -0.459 e. The Morgan fingerprint density at radius 1 is 0.800 bits per heavy atom. The zero-order valence-corrected chi connectivity index (χ0v) is 18.7. The summed E-state index contributed by atoms with van der Waals surface area (Å²) in [6.45, 7) is -0.272. The van der Waals surface area contributed by atoms with Crippen molar-refractivity contribution in [2.45, 2.75) is 24.6 Å². The number of benzene rings is 3. The number of nitrogens with zero attached hydrogens (tertiary/aromatic N) is 1. The van der Waals surface area contributed by atoms with Crippen molar-refractivity contribution in [3.8, 4) is 0 Å². The molecule has 4 atom stereocenters. The van der Waals surface area contributed by atoms with Crippen LogP contribution in [0.1, 0.15) is 26.9 Å². The number of rotatable bonds is 6. The molecule has 6 nitrogen and oxygen atoms in total. The van der Waals surface area contributed by atoms with Gasteiger partial charge < -0.3 is 14.2 Å². The minimum absolute atomic E-state index is 0.272. The fraction of sp³-hybridized carbons (Fsp3) is 0.179. The molecule has 5 rings (SSSR count). The summed E-state index contributed by atoms with van der Waals surface area (Å²) in [6, 6.07) is 26.4. The third-order valence-corrected chi connectivity index (χ3v) is 5.91. The summed E-state index contributed by atoms with van der Waals surface area (Å²) >= 11 is 0. The van der Waals surface area contributed by atoms with Crippen LogP contribution >= 0.6 is 0 Å². The van der Waals surface area contributed by atoms with Gasteiger partial charge in [0.2, 0.25) is 6.17 Å². The Bertz CT molecular complexity index is 1330.